The van der Waals surface area contributed by atoms with Crippen molar-refractivity contribution in [2.24, 2.45) is 0 Å². The summed E-state index contributed by atoms with van der Waals surface area (Å²) in [5.41, 5.74) is 7.89. The molecule has 0 aliphatic carbocycles. The van der Waals surface area contributed by atoms with E-state index in [2.05, 4.69) is 70.2 Å². The number of benzene rings is 3. The standard InChI is InChI=1S/C30H25NO2/c1-18-17-31-25(20-13-19-9-5-6-10-21(19)24(14-20)30(2,3)4)15-23(18)27-16-28-29(33-27)22-11-7-8-12-26(22)32-28/h5-17H,1-4H3. The summed E-state index contributed by atoms with van der Waals surface area (Å²) in [5.74, 6) is 0.799. The van der Waals surface area contributed by atoms with Crippen molar-refractivity contribution in [2.45, 2.75) is 33.1 Å². The van der Waals surface area contributed by atoms with Crippen LogP contribution in [-0.4, -0.2) is 4.98 Å². The SMILES string of the molecule is Cc1cnc(-c2cc(C(C)(C)C)c3ccccc3c2)cc1-c1cc2oc3ccccc3c2o1. The first-order chi connectivity index (χ1) is 15.9. The van der Waals surface area contributed by atoms with Crippen molar-refractivity contribution in [2.75, 3.05) is 0 Å². The molecule has 162 valence electrons. The fraction of sp³-hybridized carbons (Fsp3) is 0.167. The van der Waals surface area contributed by atoms with E-state index in [9.17, 15) is 0 Å². The van der Waals surface area contributed by atoms with Crippen LogP contribution in [-0.2, 0) is 5.41 Å². The first-order valence-corrected chi connectivity index (χ1v) is 11.3. The molecule has 0 bridgehead atoms. The van der Waals surface area contributed by atoms with Gasteiger partial charge in [-0.3, -0.25) is 4.98 Å². The molecule has 3 aromatic heterocycles. The van der Waals surface area contributed by atoms with E-state index in [-0.39, 0.29) is 5.41 Å². The van der Waals surface area contributed by atoms with E-state index >= 15 is 0 Å². The first-order valence-electron chi connectivity index (χ1n) is 11.3. The van der Waals surface area contributed by atoms with E-state index in [4.69, 9.17) is 13.8 Å². The lowest BCUT2D eigenvalue weighted by atomic mass is 9.82. The fourth-order valence-electron chi connectivity index (χ4n) is 4.66. The number of hydrogen-bond acceptors (Lipinski definition) is 3. The van der Waals surface area contributed by atoms with Crippen molar-refractivity contribution < 1.29 is 8.83 Å². The van der Waals surface area contributed by atoms with Crippen LogP contribution in [0.1, 0.15) is 31.9 Å². The van der Waals surface area contributed by atoms with Gasteiger partial charge >= 0.3 is 0 Å². The van der Waals surface area contributed by atoms with Gasteiger partial charge in [-0.05, 0) is 64.6 Å². The van der Waals surface area contributed by atoms with Crippen molar-refractivity contribution in [3.8, 4) is 22.6 Å². The zero-order valence-corrected chi connectivity index (χ0v) is 19.3. The molecule has 0 N–H and O–H groups in total. The smallest absolute Gasteiger partial charge is 0.181 e. The maximum Gasteiger partial charge on any atom is 0.181 e. The van der Waals surface area contributed by atoms with E-state index in [0.29, 0.717) is 0 Å². The Morgan fingerprint density at radius 3 is 2.33 bits per heavy atom. The van der Waals surface area contributed by atoms with Gasteiger partial charge in [0.25, 0.3) is 0 Å². The predicted molar refractivity (Wildman–Crippen MR) is 136 cm³/mol. The molecule has 6 rings (SSSR count). The van der Waals surface area contributed by atoms with Gasteiger partial charge in [0.1, 0.15) is 11.3 Å². The Hall–Kier alpha value is -3.85. The Morgan fingerprint density at radius 1 is 0.758 bits per heavy atom. The topological polar surface area (TPSA) is 39.2 Å². The van der Waals surface area contributed by atoms with E-state index in [1.165, 1.54) is 16.3 Å². The van der Waals surface area contributed by atoms with Crippen molar-refractivity contribution >= 4 is 32.9 Å². The third-order valence-electron chi connectivity index (χ3n) is 6.38. The van der Waals surface area contributed by atoms with Crippen molar-refractivity contribution in [1.29, 1.82) is 0 Å². The van der Waals surface area contributed by atoms with Crippen LogP contribution >= 0.6 is 0 Å². The number of rotatable bonds is 2. The van der Waals surface area contributed by atoms with Gasteiger partial charge < -0.3 is 8.83 Å². The third-order valence-corrected chi connectivity index (χ3v) is 6.38. The van der Waals surface area contributed by atoms with E-state index in [1.807, 2.05) is 36.5 Å². The molecule has 3 nitrogen and oxygen atoms in total. The molecule has 0 amide bonds. The average molecular weight is 432 g/mol. The minimum Gasteiger partial charge on any atom is -0.452 e. The van der Waals surface area contributed by atoms with Crippen molar-refractivity contribution in [3.05, 3.63) is 90.1 Å². The van der Waals surface area contributed by atoms with Crippen molar-refractivity contribution in [1.82, 2.24) is 4.98 Å². The van der Waals surface area contributed by atoms with Crippen LogP contribution in [0.25, 0.3) is 55.5 Å². The average Bonchev–Trinajstić information content (AvgIpc) is 3.36. The Balaban J connectivity index is 1.52. The van der Waals surface area contributed by atoms with Gasteiger partial charge in [0, 0.05) is 23.4 Å². The molecule has 0 radical (unpaired) electrons. The second-order valence-electron chi connectivity index (χ2n) is 9.78. The van der Waals surface area contributed by atoms with Crippen LogP contribution in [0.2, 0.25) is 0 Å². The molecule has 3 heteroatoms. The minimum atomic E-state index is 0.0235. The maximum atomic E-state index is 6.31. The lowest BCUT2D eigenvalue weighted by molar-refractivity contribution is 0.596. The lowest BCUT2D eigenvalue weighted by Gasteiger charge is -2.23. The molecule has 0 aliphatic rings. The van der Waals surface area contributed by atoms with E-state index in [0.717, 1.165) is 50.3 Å². The Bertz CT molecular complexity index is 1660. The number of aryl methyl sites for hydroxylation is 1. The van der Waals surface area contributed by atoms with Gasteiger partial charge in [0.15, 0.2) is 11.2 Å². The monoisotopic (exact) mass is 431 g/mol. The second-order valence-corrected chi connectivity index (χ2v) is 9.78. The third kappa shape index (κ3) is 3.23. The zero-order chi connectivity index (χ0) is 22.7. The van der Waals surface area contributed by atoms with Gasteiger partial charge in [0.05, 0.1) is 11.1 Å². The predicted octanol–water partition coefficient (Wildman–Crippen LogP) is 8.67. The molecule has 0 fully saturated rings. The number of aromatic nitrogens is 1. The van der Waals surface area contributed by atoms with Gasteiger partial charge in [0.2, 0.25) is 0 Å². The summed E-state index contributed by atoms with van der Waals surface area (Å²) in [6.07, 6.45) is 1.93. The highest BCUT2D eigenvalue weighted by Crippen LogP contribution is 2.38. The Kier molecular flexibility index (Phi) is 4.25. The molecule has 0 saturated heterocycles. The number of nitrogens with zero attached hydrogens (tertiary/aromatic N) is 1. The number of para-hydroxylation sites is 1. The molecule has 0 aliphatic heterocycles. The van der Waals surface area contributed by atoms with Crippen LogP contribution in [0.4, 0.5) is 0 Å². The first kappa shape index (κ1) is 19.8. The van der Waals surface area contributed by atoms with Crippen molar-refractivity contribution in [3.63, 3.8) is 0 Å². The summed E-state index contributed by atoms with van der Waals surface area (Å²) in [4.78, 5) is 4.79. The summed E-state index contributed by atoms with van der Waals surface area (Å²) in [7, 11) is 0. The van der Waals surface area contributed by atoms with Gasteiger partial charge in [-0.25, -0.2) is 0 Å². The molecule has 0 atom stereocenters. The number of pyridine rings is 1. The van der Waals surface area contributed by atoms with Gasteiger partial charge in [-0.15, -0.1) is 0 Å². The summed E-state index contributed by atoms with van der Waals surface area (Å²) >= 11 is 0. The molecular weight excluding hydrogens is 406 g/mol. The molecule has 33 heavy (non-hydrogen) atoms. The quantitative estimate of drug-likeness (QED) is 0.275. The number of fused-ring (bicyclic) bond motifs is 4. The summed E-state index contributed by atoms with van der Waals surface area (Å²) in [6, 6.07) is 25.2. The Morgan fingerprint density at radius 2 is 1.52 bits per heavy atom. The number of furan rings is 2. The summed E-state index contributed by atoms with van der Waals surface area (Å²) in [5, 5.41) is 3.51. The molecule has 0 spiro atoms. The molecule has 3 heterocycles. The zero-order valence-electron chi connectivity index (χ0n) is 19.3. The highest BCUT2D eigenvalue weighted by molar-refractivity contribution is 6.02. The minimum absolute atomic E-state index is 0.0235. The van der Waals surface area contributed by atoms with E-state index in [1.54, 1.807) is 0 Å². The Labute approximate surface area is 192 Å². The second kappa shape index (κ2) is 7.08. The molecule has 6 aromatic rings. The van der Waals surface area contributed by atoms with Crippen LogP contribution in [0.3, 0.4) is 0 Å². The van der Waals surface area contributed by atoms with Crippen LogP contribution in [0.15, 0.2) is 87.8 Å². The summed E-state index contributed by atoms with van der Waals surface area (Å²) < 4.78 is 12.3. The van der Waals surface area contributed by atoms with Crippen LogP contribution < -0.4 is 0 Å². The molecule has 0 saturated carbocycles. The van der Waals surface area contributed by atoms with Gasteiger partial charge in [-0.1, -0.05) is 57.2 Å². The van der Waals surface area contributed by atoms with Crippen LogP contribution in [0, 0.1) is 6.92 Å². The fourth-order valence-corrected chi connectivity index (χ4v) is 4.66. The molecule has 0 unspecified atom stereocenters. The highest BCUT2D eigenvalue weighted by Gasteiger charge is 2.20. The normalized spacial score (nSPS) is 12.2. The summed E-state index contributed by atoms with van der Waals surface area (Å²) in [6.45, 7) is 8.84. The highest BCUT2D eigenvalue weighted by atomic mass is 16.4. The maximum absolute atomic E-state index is 6.31. The largest absolute Gasteiger partial charge is 0.452 e. The van der Waals surface area contributed by atoms with Gasteiger partial charge in [-0.2, -0.15) is 0 Å². The van der Waals surface area contributed by atoms with Crippen LogP contribution in [0.5, 0.6) is 0 Å². The number of hydrogen-bond donors (Lipinski definition) is 0. The molecule has 3 aromatic carbocycles. The molecular formula is C30H25NO2. The van der Waals surface area contributed by atoms with E-state index < -0.39 is 0 Å². The lowest BCUT2D eigenvalue weighted by Crippen LogP contribution is -2.12.